The molecule has 1 unspecified atom stereocenters. The Labute approximate surface area is 109 Å². The summed E-state index contributed by atoms with van der Waals surface area (Å²) in [6.45, 7) is 4.35. The number of hydrogen-bond acceptors (Lipinski definition) is 5. The lowest BCUT2D eigenvalue weighted by Gasteiger charge is -2.23. The molecule has 0 heterocycles. The van der Waals surface area contributed by atoms with Crippen molar-refractivity contribution in [3.63, 3.8) is 0 Å². The summed E-state index contributed by atoms with van der Waals surface area (Å²) in [4.78, 5) is 12.1. The van der Waals surface area contributed by atoms with Gasteiger partial charge in [-0.05, 0) is 5.92 Å². The monoisotopic (exact) mass is 262 g/mol. The molecule has 0 radical (unpaired) electrons. The minimum absolute atomic E-state index is 0.00231. The van der Waals surface area contributed by atoms with Crippen LogP contribution in [-0.4, -0.2) is 51.2 Å². The highest BCUT2D eigenvalue weighted by molar-refractivity contribution is 5.83. The molecule has 108 valence electrons. The summed E-state index contributed by atoms with van der Waals surface area (Å²) in [6.07, 6.45) is 0.675. The standard InChI is InChI=1S/C13H26O5/c1-5-11(8-16-3)6-12(15)13(10(2)7-14)18-9-17-4/h10-11,13-14H,5-9H2,1-4H3/t10-,11?,13-/m1/s1. The maximum absolute atomic E-state index is 12.1. The molecule has 0 aromatic heterocycles. The van der Waals surface area contributed by atoms with Gasteiger partial charge in [0, 0.05) is 39.8 Å². The number of aliphatic hydroxyl groups excluding tert-OH is 1. The topological polar surface area (TPSA) is 65.0 Å². The van der Waals surface area contributed by atoms with E-state index < -0.39 is 6.10 Å². The predicted octanol–water partition coefficient (Wildman–Crippen LogP) is 1.24. The van der Waals surface area contributed by atoms with Crippen LogP contribution in [0.1, 0.15) is 26.7 Å². The summed E-state index contributed by atoms with van der Waals surface area (Å²) in [5.41, 5.74) is 0. The van der Waals surface area contributed by atoms with Gasteiger partial charge in [-0.2, -0.15) is 0 Å². The number of rotatable bonds is 11. The molecule has 0 aromatic rings. The summed E-state index contributed by atoms with van der Waals surface area (Å²) in [5.74, 6) is -0.0350. The van der Waals surface area contributed by atoms with Gasteiger partial charge in [-0.15, -0.1) is 0 Å². The van der Waals surface area contributed by atoms with Crippen molar-refractivity contribution < 1.29 is 24.1 Å². The van der Waals surface area contributed by atoms with Gasteiger partial charge in [0.1, 0.15) is 12.9 Å². The summed E-state index contributed by atoms with van der Waals surface area (Å²) >= 11 is 0. The van der Waals surface area contributed by atoms with E-state index in [9.17, 15) is 4.79 Å². The highest BCUT2D eigenvalue weighted by Gasteiger charge is 2.27. The molecule has 0 spiro atoms. The third-order valence-electron chi connectivity index (χ3n) is 2.96. The molecule has 18 heavy (non-hydrogen) atoms. The molecule has 0 fully saturated rings. The van der Waals surface area contributed by atoms with Crippen molar-refractivity contribution in [3.8, 4) is 0 Å². The molecule has 0 saturated carbocycles. The molecule has 0 aliphatic heterocycles. The molecule has 0 aliphatic carbocycles. The van der Waals surface area contributed by atoms with Crippen LogP contribution < -0.4 is 0 Å². The van der Waals surface area contributed by atoms with Crippen molar-refractivity contribution in [2.24, 2.45) is 11.8 Å². The van der Waals surface area contributed by atoms with E-state index in [1.807, 2.05) is 6.92 Å². The van der Waals surface area contributed by atoms with E-state index in [-0.39, 0.29) is 31.0 Å². The van der Waals surface area contributed by atoms with Gasteiger partial charge in [0.25, 0.3) is 0 Å². The molecule has 0 amide bonds. The summed E-state index contributed by atoms with van der Waals surface area (Å²) in [6, 6.07) is 0. The normalized spacial score (nSPS) is 16.3. The van der Waals surface area contributed by atoms with Crippen molar-refractivity contribution in [2.75, 3.05) is 34.2 Å². The largest absolute Gasteiger partial charge is 0.396 e. The minimum Gasteiger partial charge on any atom is -0.396 e. The van der Waals surface area contributed by atoms with Crippen LogP contribution in [0.2, 0.25) is 0 Å². The lowest BCUT2D eigenvalue weighted by Crippen LogP contribution is -2.35. The van der Waals surface area contributed by atoms with E-state index in [0.29, 0.717) is 13.0 Å². The quantitative estimate of drug-likeness (QED) is 0.567. The van der Waals surface area contributed by atoms with Crippen molar-refractivity contribution in [2.45, 2.75) is 32.8 Å². The molecule has 3 atom stereocenters. The van der Waals surface area contributed by atoms with Gasteiger partial charge in [0.2, 0.25) is 0 Å². The van der Waals surface area contributed by atoms with Crippen LogP contribution in [0.4, 0.5) is 0 Å². The zero-order chi connectivity index (χ0) is 14.0. The maximum atomic E-state index is 12.1. The number of carbonyl (C=O) groups excluding carboxylic acids is 1. The van der Waals surface area contributed by atoms with Gasteiger partial charge in [0.05, 0.1) is 0 Å². The van der Waals surface area contributed by atoms with Crippen LogP contribution in [-0.2, 0) is 19.0 Å². The molecule has 0 rings (SSSR count). The number of ketones is 1. The van der Waals surface area contributed by atoms with Gasteiger partial charge in [0.15, 0.2) is 5.78 Å². The highest BCUT2D eigenvalue weighted by Crippen LogP contribution is 2.16. The van der Waals surface area contributed by atoms with Gasteiger partial charge >= 0.3 is 0 Å². The number of methoxy groups -OCH3 is 2. The van der Waals surface area contributed by atoms with Crippen LogP contribution in [0, 0.1) is 11.8 Å². The molecular weight excluding hydrogens is 236 g/mol. The van der Waals surface area contributed by atoms with Crippen molar-refractivity contribution >= 4 is 5.78 Å². The Morgan fingerprint density at radius 2 is 1.94 bits per heavy atom. The maximum Gasteiger partial charge on any atom is 0.162 e. The Balaban J connectivity index is 4.43. The fraction of sp³-hybridized carbons (Fsp3) is 0.923. The minimum atomic E-state index is -0.610. The Kier molecular flexibility index (Phi) is 10.2. The van der Waals surface area contributed by atoms with Gasteiger partial charge < -0.3 is 19.3 Å². The van der Waals surface area contributed by atoms with E-state index in [1.165, 1.54) is 7.11 Å². The Hall–Kier alpha value is -0.490. The van der Waals surface area contributed by atoms with E-state index in [2.05, 4.69) is 0 Å². The first-order valence-corrected chi connectivity index (χ1v) is 6.33. The molecular formula is C13H26O5. The molecule has 5 heteroatoms. The summed E-state index contributed by atoms with van der Waals surface area (Å²) in [7, 11) is 3.13. The molecule has 0 aliphatic rings. The average molecular weight is 262 g/mol. The Morgan fingerprint density at radius 1 is 1.28 bits per heavy atom. The predicted molar refractivity (Wildman–Crippen MR) is 68.3 cm³/mol. The fourth-order valence-electron chi connectivity index (χ4n) is 1.77. The molecule has 0 saturated heterocycles. The Morgan fingerprint density at radius 3 is 2.39 bits per heavy atom. The van der Waals surface area contributed by atoms with E-state index in [4.69, 9.17) is 19.3 Å². The van der Waals surface area contributed by atoms with Crippen molar-refractivity contribution in [3.05, 3.63) is 0 Å². The van der Waals surface area contributed by atoms with Crippen LogP contribution in [0.25, 0.3) is 0 Å². The summed E-state index contributed by atoms with van der Waals surface area (Å²) in [5, 5.41) is 9.15. The van der Waals surface area contributed by atoms with E-state index in [0.717, 1.165) is 6.42 Å². The lowest BCUT2D eigenvalue weighted by molar-refractivity contribution is -0.147. The first kappa shape index (κ1) is 17.5. The first-order valence-electron chi connectivity index (χ1n) is 6.33. The molecule has 0 bridgehead atoms. The summed E-state index contributed by atoms with van der Waals surface area (Å²) < 4.78 is 15.2. The number of ether oxygens (including phenoxy) is 3. The third-order valence-corrected chi connectivity index (χ3v) is 2.96. The Bertz CT molecular complexity index is 217. The number of hydrogen-bond donors (Lipinski definition) is 1. The molecule has 1 N–H and O–H groups in total. The molecule has 0 aromatic carbocycles. The number of aliphatic hydroxyl groups is 1. The van der Waals surface area contributed by atoms with Gasteiger partial charge in [-0.25, -0.2) is 0 Å². The highest BCUT2D eigenvalue weighted by atomic mass is 16.7. The van der Waals surface area contributed by atoms with Gasteiger partial charge in [-0.1, -0.05) is 20.3 Å². The van der Waals surface area contributed by atoms with Crippen molar-refractivity contribution in [1.82, 2.24) is 0 Å². The van der Waals surface area contributed by atoms with Crippen LogP contribution in [0.3, 0.4) is 0 Å². The second kappa shape index (κ2) is 10.4. The average Bonchev–Trinajstić information content (AvgIpc) is 2.38. The zero-order valence-electron chi connectivity index (χ0n) is 11.8. The second-order valence-corrected chi connectivity index (χ2v) is 4.55. The smallest absolute Gasteiger partial charge is 0.162 e. The van der Waals surface area contributed by atoms with Crippen LogP contribution >= 0.6 is 0 Å². The third kappa shape index (κ3) is 6.44. The van der Waals surface area contributed by atoms with E-state index >= 15 is 0 Å². The zero-order valence-corrected chi connectivity index (χ0v) is 11.8. The van der Waals surface area contributed by atoms with Gasteiger partial charge in [-0.3, -0.25) is 4.79 Å². The number of carbonyl (C=O) groups is 1. The van der Waals surface area contributed by atoms with Crippen LogP contribution in [0.5, 0.6) is 0 Å². The van der Waals surface area contributed by atoms with Crippen LogP contribution in [0.15, 0.2) is 0 Å². The first-order chi connectivity index (χ1) is 8.60. The lowest BCUT2D eigenvalue weighted by atomic mass is 9.93. The fourth-order valence-corrected chi connectivity index (χ4v) is 1.77. The number of Topliss-reactive ketones (excluding diaryl/α,β-unsaturated/α-hetero) is 1. The van der Waals surface area contributed by atoms with Crippen molar-refractivity contribution in [1.29, 1.82) is 0 Å². The molecule has 5 nitrogen and oxygen atoms in total. The van der Waals surface area contributed by atoms with E-state index in [1.54, 1.807) is 14.0 Å². The second-order valence-electron chi connectivity index (χ2n) is 4.55. The SMILES string of the molecule is CCC(COC)CC(=O)[C@H](OCOC)[C@H](C)CO.